The Labute approximate surface area is 114 Å². The van der Waals surface area contributed by atoms with Gasteiger partial charge in [0.05, 0.1) is 0 Å². The lowest BCUT2D eigenvalue weighted by atomic mass is 9.91. The summed E-state index contributed by atoms with van der Waals surface area (Å²) in [4.78, 5) is 2.49. The average Bonchev–Trinajstić information content (AvgIpc) is 2.47. The van der Waals surface area contributed by atoms with E-state index in [4.69, 9.17) is 10.5 Å². The van der Waals surface area contributed by atoms with Crippen LogP contribution in [0, 0.1) is 0 Å². The molecule has 19 heavy (non-hydrogen) atoms. The molecule has 3 rings (SSSR count). The van der Waals surface area contributed by atoms with Gasteiger partial charge in [0.2, 0.25) is 0 Å². The van der Waals surface area contributed by atoms with E-state index in [1.165, 1.54) is 36.1 Å². The van der Waals surface area contributed by atoms with Gasteiger partial charge in [0, 0.05) is 30.9 Å². The van der Waals surface area contributed by atoms with E-state index in [1.54, 1.807) is 0 Å². The van der Waals surface area contributed by atoms with Crippen LogP contribution in [0.5, 0.6) is 5.75 Å². The van der Waals surface area contributed by atoms with E-state index in [0.717, 1.165) is 25.3 Å². The van der Waals surface area contributed by atoms with E-state index in [-0.39, 0.29) is 13.2 Å². The molecule has 3 N–H and O–H groups in total. The van der Waals surface area contributed by atoms with Crippen molar-refractivity contribution in [2.45, 2.75) is 31.8 Å². The maximum Gasteiger partial charge on any atom is 0.124 e. The van der Waals surface area contributed by atoms with Crippen LogP contribution in [0.3, 0.4) is 0 Å². The molecule has 0 fully saturated rings. The lowest BCUT2D eigenvalue weighted by molar-refractivity contribution is 0.113. The summed E-state index contributed by atoms with van der Waals surface area (Å²) in [6.45, 7) is 2.85. The van der Waals surface area contributed by atoms with Crippen molar-refractivity contribution in [3.8, 4) is 5.75 Å². The lowest BCUT2D eigenvalue weighted by Crippen LogP contribution is -2.35. The van der Waals surface area contributed by atoms with Gasteiger partial charge in [-0.2, -0.15) is 0 Å². The maximum absolute atomic E-state index is 9.53. The number of aliphatic hydroxyl groups is 1. The number of nitrogens with zero attached hydrogens (tertiary/aromatic N) is 1. The smallest absolute Gasteiger partial charge is 0.124 e. The molecule has 1 aromatic carbocycles. The van der Waals surface area contributed by atoms with Crippen LogP contribution >= 0.6 is 0 Å². The molecule has 4 heteroatoms. The summed E-state index contributed by atoms with van der Waals surface area (Å²) in [5.41, 5.74) is 9.59. The first kappa shape index (κ1) is 12.8. The Kier molecular flexibility index (Phi) is 3.62. The molecule has 4 nitrogen and oxygen atoms in total. The van der Waals surface area contributed by atoms with E-state index < -0.39 is 6.10 Å². The summed E-state index contributed by atoms with van der Waals surface area (Å²) in [5.74, 6) is 0.929. The van der Waals surface area contributed by atoms with Crippen molar-refractivity contribution >= 4 is 5.69 Å². The fourth-order valence-corrected chi connectivity index (χ4v) is 3.14. The number of rotatable bonds is 4. The quantitative estimate of drug-likeness (QED) is 0.852. The zero-order valence-corrected chi connectivity index (χ0v) is 11.3. The lowest BCUT2D eigenvalue weighted by Gasteiger charge is -2.37. The largest absolute Gasteiger partial charge is 0.490 e. The van der Waals surface area contributed by atoms with Crippen LogP contribution in [0.4, 0.5) is 5.69 Å². The van der Waals surface area contributed by atoms with Gasteiger partial charge in [0.25, 0.3) is 0 Å². The molecule has 0 spiro atoms. The van der Waals surface area contributed by atoms with Gasteiger partial charge in [-0.05, 0) is 37.3 Å². The molecule has 2 heterocycles. The molecule has 2 aliphatic rings. The molecule has 0 amide bonds. The van der Waals surface area contributed by atoms with E-state index in [0.29, 0.717) is 0 Å². The predicted octanol–water partition coefficient (Wildman–Crippen LogP) is 1.08. The molecule has 0 aromatic heterocycles. The van der Waals surface area contributed by atoms with Gasteiger partial charge in [-0.3, -0.25) is 0 Å². The molecule has 1 unspecified atom stereocenters. The van der Waals surface area contributed by atoms with E-state index >= 15 is 0 Å². The third-order valence-corrected chi connectivity index (χ3v) is 4.07. The van der Waals surface area contributed by atoms with E-state index in [2.05, 4.69) is 17.0 Å². The Morgan fingerprint density at radius 1 is 1.26 bits per heavy atom. The van der Waals surface area contributed by atoms with Crippen LogP contribution in [-0.2, 0) is 12.8 Å². The van der Waals surface area contributed by atoms with Crippen molar-refractivity contribution in [3.05, 3.63) is 23.3 Å². The van der Waals surface area contributed by atoms with E-state index in [1.807, 2.05) is 0 Å². The number of aryl methyl sites for hydroxylation is 1. The fraction of sp³-hybridized carbons (Fsp3) is 0.600. The highest BCUT2D eigenvalue weighted by Crippen LogP contribution is 2.40. The van der Waals surface area contributed by atoms with Crippen molar-refractivity contribution in [2.75, 3.05) is 31.1 Å². The van der Waals surface area contributed by atoms with Crippen LogP contribution in [-0.4, -0.2) is 37.5 Å². The van der Waals surface area contributed by atoms with Gasteiger partial charge < -0.3 is 20.5 Å². The van der Waals surface area contributed by atoms with Crippen molar-refractivity contribution < 1.29 is 9.84 Å². The molecular weight excluding hydrogens is 240 g/mol. The minimum absolute atomic E-state index is 0.242. The molecule has 0 bridgehead atoms. The summed E-state index contributed by atoms with van der Waals surface area (Å²) < 4.78 is 5.77. The summed E-state index contributed by atoms with van der Waals surface area (Å²) in [6.07, 6.45) is 4.10. The SMILES string of the molecule is NCC(O)COc1ccc2c3c1CCCN3CCC2. The summed E-state index contributed by atoms with van der Waals surface area (Å²) in [5, 5.41) is 9.53. The van der Waals surface area contributed by atoms with Crippen molar-refractivity contribution in [2.24, 2.45) is 5.73 Å². The Bertz CT molecular complexity index is 460. The van der Waals surface area contributed by atoms with Crippen molar-refractivity contribution in [1.82, 2.24) is 0 Å². The Morgan fingerprint density at radius 3 is 2.84 bits per heavy atom. The molecule has 0 saturated heterocycles. The monoisotopic (exact) mass is 262 g/mol. The highest BCUT2D eigenvalue weighted by atomic mass is 16.5. The number of hydrogen-bond donors (Lipinski definition) is 2. The zero-order valence-electron chi connectivity index (χ0n) is 11.3. The molecule has 0 aliphatic carbocycles. The summed E-state index contributed by atoms with van der Waals surface area (Å²) in [6, 6.07) is 4.24. The van der Waals surface area contributed by atoms with E-state index in [9.17, 15) is 5.11 Å². The first-order valence-electron chi connectivity index (χ1n) is 7.20. The number of benzene rings is 1. The van der Waals surface area contributed by atoms with Gasteiger partial charge in [-0.25, -0.2) is 0 Å². The topological polar surface area (TPSA) is 58.7 Å². The standard InChI is InChI=1S/C15H22N2O2/c16-9-12(18)10-19-14-6-5-11-3-1-7-17-8-2-4-13(14)15(11)17/h5-6,12,18H,1-4,7-10,16H2. The predicted molar refractivity (Wildman–Crippen MR) is 75.9 cm³/mol. The van der Waals surface area contributed by atoms with Gasteiger partial charge in [-0.1, -0.05) is 6.07 Å². The van der Waals surface area contributed by atoms with Crippen molar-refractivity contribution in [1.29, 1.82) is 0 Å². The number of anilines is 1. The minimum Gasteiger partial charge on any atom is -0.490 e. The molecule has 1 atom stereocenters. The molecule has 2 aliphatic heterocycles. The second-order valence-electron chi connectivity index (χ2n) is 5.44. The van der Waals surface area contributed by atoms with Gasteiger partial charge >= 0.3 is 0 Å². The highest BCUT2D eigenvalue weighted by Gasteiger charge is 2.26. The van der Waals surface area contributed by atoms with Gasteiger partial charge in [-0.15, -0.1) is 0 Å². The normalized spacial score (nSPS) is 18.9. The van der Waals surface area contributed by atoms with Crippen LogP contribution in [0.15, 0.2) is 12.1 Å². The number of aliphatic hydroxyl groups excluding tert-OH is 1. The molecule has 1 aromatic rings. The Balaban J connectivity index is 1.88. The van der Waals surface area contributed by atoms with Gasteiger partial charge in [0.1, 0.15) is 18.5 Å². The second-order valence-corrected chi connectivity index (χ2v) is 5.44. The average molecular weight is 262 g/mol. The van der Waals surface area contributed by atoms with Gasteiger partial charge in [0.15, 0.2) is 0 Å². The van der Waals surface area contributed by atoms with Crippen LogP contribution in [0.1, 0.15) is 24.0 Å². The first-order chi connectivity index (χ1) is 9.29. The fourth-order valence-electron chi connectivity index (χ4n) is 3.14. The maximum atomic E-state index is 9.53. The third-order valence-electron chi connectivity index (χ3n) is 4.07. The zero-order chi connectivity index (χ0) is 13.2. The number of ether oxygens (including phenoxy) is 1. The van der Waals surface area contributed by atoms with Crippen LogP contribution in [0.25, 0.3) is 0 Å². The van der Waals surface area contributed by atoms with Crippen molar-refractivity contribution in [3.63, 3.8) is 0 Å². The highest BCUT2D eigenvalue weighted by molar-refractivity contribution is 5.67. The number of hydrogen-bond acceptors (Lipinski definition) is 4. The summed E-state index contributed by atoms with van der Waals surface area (Å²) in [7, 11) is 0. The van der Waals surface area contributed by atoms with Crippen LogP contribution < -0.4 is 15.4 Å². The molecular formula is C15H22N2O2. The molecule has 0 saturated carbocycles. The third kappa shape index (κ3) is 2.42. The minimum atomic E-state index is -0.581. The Hall–Kier alpha value is -1.26. The molecule has 0 radical (unpaired) electrons. The Morgan fingerprint density at radius 2 is 2.05 bits per heavy atom. The molecule has 104 valence electrons. The second kappa shape index (κ2) is 5.39. The summed E-state index contributed by atoms with van der Waals surface area (Å²) >= 11 is 0. The van der Waals surface area contributed by atoms with Crippen LogP contribution in [0.2, 0.25) is 0 Å². The first-order valence-corrected chi connectivity index (χ1v) is 7.20. The number of nitrogens with two attached hydrogens (primary N) is 1.